The summed E-state index contributed by atoms with van der Waals surface area (Å²) in [5.74, 6) is -0.607. The lowest BCUT2D eigenvalue weighted by Crippen LogP contribution is -2.41. The summed E-state index contributed by atoms with van der Waals surface area (Å²) in [7, 11) is 0. The predicted octanol–water partition coefficient (Wildman–Crippen LogP) is 2.65. The van der Waals surface area contributed by atoms with E-state index in [9.17, 15) is 9.90 Å². The molecule has 1 aromatic rings. The summed E-state index contributed by atoms with van der Waals surface area (Å²) in [6.45, 7) is 3.81. The molecular formula is C14H18Cl2N2O3. The van der Waals surface area contributed by atoms with E-state index in [1.54, 1.807) is 0 Å². The van der Waals surface area contributed by atoms with Gasteiger partial charge in [0.2, 0.25) is 5.91 Å². The van der Waals surface area contributed by atoms with Crippen molar-refractivity contribution in [2.24, 2.45) is 5.92 Å². The van der Waals surface area contributed by atoms with Gasteiger partial charge < -0.3 is 20.5 Å². The molecule has 1 fully saturated rings. The summed E-state index contributed by atoms with van der Waals surface area (Å²) in [6.07, 6.45) is 0.994. The maximum atomic E-state index is 12.3. The smallest absolute Gasteiger partial charge is 0.231 e. The number of carbonyl (C=O) groups is 1. The number of halogens is 2. The Bertz CT molecular complexity index is 502. The molecule has 0 spiro atoms. The van der Waals surface area contributed by atoms with E-state index in [4.69, 9.17) is 27.9 Å². The van der Waals surface area contributed by atoms with Crippen LogP contribution in [0, 0.1) is 5.92 Å². The monoisotopic (exact) mass is 332 g/mol. The minimum Gasteiger partial charge on any atom is -0.505 e. The molecule has 2 rings (SSSR count). The molecule has 1 aliphatic rings. The Kier molecular flexibility index (Phi) is 5.70. The number of hydrogen-bond acceptors (Lipinski definition) is 4. The highest BCUT2D eigenvalue weighted by Crippen LogP contribution is 2.34. The van der Waals surface area contributed by atoms with Crippen LogP contribution in [0.3, 0.4) is 0 Å². The Morgan fingerprint density at radius 2 is 2.05 bits per heavy atom. The maximum absolute atomic E-state index is 12.3. The van der Waals surface area contributed by atoms with E-state index in [1.807, 2.05) is 0 Å². The number of aromatic hydroxyl groups is 1. The minimum absolute atomic E-state index is 0.00742. The summed E-state index contributed by atoms with van der Waals surface area (Å²) in [6, 6.07) is 2.93. The maximum Gasteiger partial charge on any atom is 0.231 e. The molecule has 2 atom stereocenters. The third-order valence-corrected chi connectivity index (χ3v) is 3.93. The average molecular weight is 333 g/mol. The Balaban J connectivity index is 2.03. The number of amides is 1. The molecule has 0 aliphatic carbocycles. The van der Waals surface area contributed by atoms with Crippen molar-refractivity contribution in [3.8, 4) is 5.75 Å². The van der Waals surface area contributed by atoms with E-state index in [2.05, 4.69) is 17.6 Å². The zero-order valence-corrected chi connectivity index (χ0v) is 13.2. The zero-order valence-electron chi connectivity index (χ0n) is 11.7. The molecule has 0 aromatic heterocycles. The number of carbonyl (C=O) groups excluding carboxylic acids is 1. The van der Waals surface area contributed by atoms with Gasteiger partial charge >= 0.3 is 0 Å². The number of hydrogen-bond donors (Lipinski definition) is 3. The van der Waals surface area contributed by atoms with Crippen LogP contribution in [0.5, 0.6) is 5.75 Å². The number of nitrogens with one attached hydrogen (secondary N) is 2. The van der Waals surface area contributed by atoms with Crippen molar-refractivity contribution >= 4 is 34.8 Å². The van der Waals surface area contributed by atoms with E-state index in [0.717, 1.165) is 13.0 Å². The van der Waals surface area contributed by atoms with E-state index < -0.39 is 0 Å². The van der Waals surface area contributed by atoms with Crippen LogP contribution in [0.15, 0.2) is 12.1 Å². The molecule has 0 radical (unpaired) electrons. The first-order valence-electron chi connectivity index (χ1n) is 6.83. The van der Waals surface area contributed by atoms with Gasteiger partial charge in [0.1, 0.15) is 0 Å². The van der Waals surface area contributed by atoms with Crippen LogP contribution in [0.25, 0.3) is 0 Å². The van der Waals surface area contributed by atoms with Crippen LogP contribution >= 0.6 is 23.2 Å². The standard InChI is InChI=1S/C14H18Cl2N2O3/c1-2-3-17-12-7-21-6-9(12)14(20)18-8-4-10(15)13(19)11(16)5-8/h4-5,9,12,17,19H,2-3,6-7H2,1H3,(H,18,20). The van der Waals surface area contributed by atoms with Gasteiger partial charge in [0.15, 0.2) is 5.75 Å². The molecule has 2 unspecified atom stereocenters. The van der Waals surface area contributed by atoms with Crippen LogP contribution in [0.2, 0.25) is 10.0 Å². The zero-order chi connectivity index (χ0) is 15.4. The van der Waals surface area contributed by atoms with Crippen LogP contribution < -0.4 is 10.6 Å². The van der Waals surface area contributed by atoms with Crippen LogP contribution in [0.1, 0.15) is 13.3 Å². The molecule has 1 aromatic carbocycles. The first-order valence-corrected chi connectivity index (χ1v) is 7.58. The van der Waals surface area contributed by atoms with Crippen molar-refractivity contribution in [2.45, 2.75) is 19.4 Å². The molecule has 21 heavy (non-hydrogen) atoms. The number of phenols is 1. The molecule has 0 bridgehead atoms. The fourth-order valence-corrected chi connectivity index (χ4v) is 2.70. The summed E-state index contributed by atoms with van der Waals surface area (Å²) >= 11 is 11.7. The minimum atomic E-state index is -0.261. The van der Waals surface area contributed by atoms with E-state index in [-0.39, 0.29) is 33.7 Å². The number of ether oxygens (including phenoxy) is 1. The van der Waals surface area contributed by atoms with Crippen molar-refractivity contribution in [3.05, 3.63) is 22.2 Å². The molecule has 0 saturated carbocycles. The number of phenolic OH excluding ortho intramolecular Hbond substituents is 1. The van der Waals surface area contributed by atoms with E-state index in [1.165, 1.54) is 12.1 Å². The fourth-order valence-electron chi connectivity index (χ4n) is 2.22. The van der Waals surface area contributed by atoms with Gasteiger partial charge in [-0.1, -0.05) is 30.1 Å². The second-order valence-corrected chi connectivity index (χ2v) is 5.80. The Labute approximate surface area is 133 Å². The van der Waals surface area contributed by atoms with Crippen molar-refractivity contribution < 1.29 is 14.6 Å². The van der Waals surface area contributed by atoms with Gasteiger partial charge in [-0.15, -0.1) is 0 Å². The fraction of sp³-hybridized carbons (Fsp3) is 0.500. The normalized spacial score (nSPS) is 21.5. The molecular weight excluding hydrogens is 315 g/mol. The molecule has 1 heterocycles. The Morgan fingerprint density at radius 1 is 1.38 bits per heavy atom. The summed E-state index contributed by atoms with van der Waals surface area (Å²) in [5.41, 5.74) is 0.453. The topological polar surface area (TPSA) is 70.6 Å². The number of benzene rings is 1. The second-order valence-electron chi connectivity index (χ2n) is 4.98. The quantitative estimate of drug-likeness (QED) is 0.725. The number of rotatable bonds is 5. The lowest BCUT2D eigenvalue weighted by atomic mass is 10.0. The van der Waals surface area contributed by atoms with Gasteiger partial charge in [0.05, 0.1) is 29.2 Å². The van der Waals surface area contributed by atoms with Gasteiger partial charge in [0.25, 0.3) is 0 Å². The lowest BCUT2D eigenvalue weighted by molar-refractivity contribution is -0.120. The second kappa shape index (κ2) is 7.31. The van der Waals surface area contributed by atoms with Crippen molar-refractivity contribution in [1.82, 2.24) is 5.32 Å². The Hall–Kier alpha value is -1.01. The first kappa shape index (κ1) is 16.4. The average Bonchev–Trinajstić information content (AvgIpc) is 2.90. The van der Waals surface area contributed by atoms with Gasteiger partial charge in [-0.3, -0.25) is 4.79 Å². The van der Waals surface area contributed by atoms with Gasteiger partial charge in [-0.2, -0.15) is 0 Å². The van der Waals surface area contributed by atoms with Crippen LogP contribution in [0.4, 0.5) is 5.69 Å². The molecule has 116 valence electrons. The first-order chi connectivity index (χ1) is 10.0. The van der Waals surface area contributed by atoms with Crippen molar-refractivity contribution in [2.75, 3.05) is 25.1 Å². The third-order valence-electron chi connectivity index (χ3n) is 3.36. The largest absolute Gasteiger partial charge is 0.505 e. The summed E-state index contributed by atoms with van der Waals surface area (Å²) in [5, 5.41) is 15.8. The van der Waals surface area contributed by atoms with Crippen LogP contribution in [-0.4, -0.2) is 36.8 Å². The van der Waals surface area contributed by atoms with E-state index in [0.29, 0.717) is 18.9 Å². The highest BCUT2D eigenvalue weighted by molar-refractivity contribution is 6.37. The SMILES string of the molecule is CCCNC1COCC1C(=O)Nc1cc(Cl)c(O)c(Cl)c1. The van der Waals surface area contributed by atoms with Gasteiger partial charge in [-0.25, -0.2) is 0 Å². The molecule has 5 nitrogen and oxygen atoms in total. The highest BCUT2D eigenvalue weighted by Gasteiger charge is 2.33. The van der Waals surface area contributed by atoms with E-state index >= 15 is 0 Å². The number of anilines is 1. The Morgan fingerprint density at radius 3 is 2.67 bits per heavy atom. The lowest BCUT2D eigenvalue weighted by Gasteiger charge is -2.18. The molecule has 1 saturated heterocycles. The van der Waals surface area contributed by atoms with Crippen molar-refractivity contribution in [1.29, 1.82) is 0 Å². The molecule has 3 N–H and O–H groups in total. The molecule has 1 aliphatic heterocycles. The molecule has 7 heteroatoms. The summed E-state index contributed by atoms with van der Waals surface area (Å²) < 4.78 is 5.38. The third kappa shape index (κ3) is 4.01. The van der Waals surface area contributed by atoms with Crippen LogP contribution in [-0.2, 0) is 9.53 Å². The van der Waals surface area contributed by atoms with Gasteiger partial charge in [0, 0.05) is 11.7 Å². The van der Waals surface area contributed by atoms with Gasteiger partial charge in [-0.05, 0) is 25.1 Å². The highest BCUT2D eigenvalue weighted by atomic mass is 35.5. The molecule has 1 amide bonds. The summed E-state index contributed by atoms with van der Waals surface area (Å²) in [4.78, 5) is 12.3. The predicted molar refractivity (Wildman–Crippen MR) is 83.1 cm³/mol. The van der Waals surface area contributed by atoms with Crippen molar-refractivity contribution in [3.63, 3.8) is 0 Å².